The predicted octanol–water partition coefficient (Wildman–Crippen LogP) is 5.52. The topological polar surface area (TPSA) is 83.6 Å². The highest BCUT2D eigenvalue weighted by Crippen LogP contribution is 2.50. The summed E-state index contributed by atoms with van der Waals surface area (Å²) in [5, 5.41) is 12.6. The lowest BCUT2D eigenvalue weighted by molar-refractivity contribution is -0.0762. The van der Waals surface area contributed by atoms with E-state index in [4.69, 9.17) is 9.26 Å². The zero-order chi connectivity index (χ0) is 29.2. The van der Waals surface area contributed by atoms with Crippen molar-refractivity contribution in [3.05, 3.63) is 41.8 Å². The summed E-state index contributed by atoms with van der Waals surface area (Å²) < 4.78 is 26.6. The third kappa shape index (κ3) is 4.96. The maximum absolute atomic E-state index is 14.5. The average Bonchev–Trinajstić information content (AvgIpc) is 3.54. The van der Waals surface area contributed by atoms with Crippen LogP contribution in [0.5, 0.6) is 11.6 Å². The Labute approximate surface area is 247 Å². The summed E-state index contributed by atoms with van der Waals surface area (Å²) in [5.41, 5.74) is 2.41. The summed E-state index contributed by atoms with van der Waals surface area (Å²) in [6.07, 6.45) is 7.31. The summed E-state index contributed by atoms with van der Waals surface area (Å²) in [6, 6.07) is 5.93. The van der Waals surface area contributed by atoms with E-state index >= 15 is 0 Å². The highest BCUT2D eigenvalue weighted by atomic mass is 19.1. The van der Waals surface area contributed by atoms with Crippen molar-refractivity contribution >= 4 is 5.82 Å². The Balaban J connectivity index is 1.08. The Morgan fingerprint density at radius 1 is 1.14 bits per heavy atom. The number of aryl methyl sites for hydroxylation is 1. The van der Waals surface area contributed by atoms with Gasteiger partial charge in [0.25, 0.3) is 5.88 Å². The first kappa shape index (κ1) is 27.7. The monoisotopic (exact) mass is 575 g/mol. The fraction of sp³-hybridized carbons (Fsp3) is 0.625. The summed E-state index contributed by atoms with van der Waals surface area (Å²) in [7, 11) is 4.41. The molecule has 4 heterocycles. The number of anilines is 1. The first-order valence-electron chi connectivity index (χ1n) is 15.5. The van der Waals surface area contributed by atoms with E-state index < -0.39 is 0 Å². The predicted molar refractivity (Wildman–Crippen MR) is 158 cm³/mol. The SMILES string of the molecule is Cc1noc(C2CC2)c1-c1cc(F)ccc1Oc1nncnc1N1CCC2(C1)CN(C(C(C)C)C1CC(N(C)C)C1)C2. The average molecular weight is 576 g/mol. The van der Waals surface area contributed by atoms with Gasteiger partial charge in [0.1, 0.15) is 23.7 Å². The second kappa shape index (κ2) is 10.6. The van der Waals surface area contributed by atoms with E-state index in [0.717, 1.165) is 74.4 Å². The Morgan fingerprint density at radius 3 is 2.64 bits per heavy atom. The summed E-state index contributed by atoms with van der Waals surface area (Å²) in [5.74, 6) is 3.74. The van der Waals surface area contributed by atoms with Crippen LogP contribution < -0.4 is 9.64 Å². The van der Waals surface area contributed by atoms with Crippen molar-refractivity contribution in [1.82, 2.24) is 30.1 Å². The molecule has 0 N–H and O–H groups in total. The smallest absolute Gasteiger partial charge is 0.282 e. The van der Waals surface area contributed by atoms with Crippen molar-refractivity contribution in [3.63, 3.8) is 0 Å². The maximum Gasteiger partial charge on any atom is 0.282 e. The van der Waals surface area contributed by atoms with Gasteiger partial charge in [0.05, 0.1) is 11.3 Å². The van der Waals surface area contributed by atoms with Crippen LogP contribution in [0.15, 0.2) is 29.0 Å². The van der Waals surface area contributed by atoms with E-state index in [2.05, 4.69) is 63.0 Å². The Morgan fingerprint density at radius 2 is 1.93 bits per heavy atom. The number of halogens is 1. The molecule has 9 nitrogen and oxygen atoms in total. The van der Waals surface area contributed by atoms with Crippen LogP contribution in [-0.2, 0) is 0 Å². The Kier molecular flexibility index (Phi) is 6.96. The van der Waals surface area contributed by atoms with Gasteiger partial charge >= 0.3 is 0 Å². The molecule has 224 valence electrons. The zero-order valence-corrected chi connectivity index (χ0v) is 25.4. The van der Waals surface area contributed by atoms with Crippen LogP contribution in [0, 0.1) is 30.0 Å². The van der Waals surface area contributed by atoms with Crippen molar-refractivity contribution in [1.29, 1.82) is 0 Å². The maximum atomic E-state index is 14.5. The third-order valence-electron chi connectivity index (χ3n) is 10.1. The largest absolute Gasteiger partial charge is 0.434 e. The van der Waals surface area contributed by atoms with Gasteiger partial charge in [0.2, 0.25) is 0 Å². The van der Waals surface area contributed by atoms with Crippen molar-refractivity contribution in [2.45, 2.75) is 70.9 Å². The van der Waals surface area contributed by atoms with E-state index in [9.17, 15) is 4.39 Å². The van der Waals surface area contributed by atoms with E-state index in [1.165, 1.54) is 31.3 Å². The zero-order valence-electron chi connectivity index (χ0n) is 25.4. The number of hydrogen-bond donors (Lipinski definition) is 0. The number of hydrogen-bond acceptors (Lipinski definition) is 9. The summed E-state index contributed by atoms with van der Waals surface area (Å²) in [4.78, 5) is 12.0. The van der Waals surface area contributed by atoms with Crippen molar-refractivity contribution in [3.8, 4) is 22.8 Å². The molecular weight excluding hydrogens is 533 g/mol. The van der Waals surface area contributed by atoms with Crippen LogP contribution in [-0.4, -0.2) is 82.5 Å². The van der Waals surface area contributed by atoms with Gasteiger partial charge < -0.3 is 19.1 Å². The summed E-state index contributed by atoms with van der Waals surface area (Å²) >= 11 is 0. The number of ether oxygens (including phenoxy) is 1. The third-order valence-corrected chi connectivity index (χ3v) is 10.1. The quantitative estimate of drug-likeness (QED) is 0.327. The van der Waals surface area contributed by atoms with Crippen molar-refractivity contribution in [2.24, 2.45) is 17.3 Å². The molecule has 1 aromatic carbocycles. The standard InChI is InChI=1S/C32H42FN7O2/c1-19(2)28(22-12-24(13-22)38(4)5)40-16-32(17-40)10-11-39(15-32)30-31(36-35-18-34-30)41-26-9-8-23(33)14-25(26)27-20(3)37-42-29(27)21-6-7-21/h8-9,14,18-19,21-22,24,28H,6-7,10-13,15-17H2,1-5H3. The van der Waals surface area contributed by atoms with E-state index in [-0.39, 0.29) is 11.2 Å². The Bertz CT molecular complexity index is 1440. The van der Waals surface area contributed by atoms with Crippen LogP contribution in [0.3, 0.4) is 0 Å². The molecule has 42 heavy (non-hydrogen) atoms. The van der Waals surface area contributed by atoms with E-state index in [0.29, 0.717) is 40.9 Å². The lowest BCUT2D eigenvalue weighted by Gasteiger charge is -2.57. The van der Waals surface area contributed by atoms with Gasteiger partial charge in [0.15, 0.2) is 5.82 Å². The lowest BCUT2D eigenvalue weighted by atomic mass is 9.68. The molecule has 1 spiro atoms. The van der Waals surface area contributed by atoms with Gasteiger partial charge in [-0.2, -0.15) is 0 Å². The minimum atomic E-state index is -0.341. The molecule has 0 radical (unpaired) electrons. The van der Waals surface area contributed by atoms with Crippen molar-refractivity contribution < 1.29 is 13.7 Å². The molecule has 7 rings (SSSR count). The van der Waals surface area contributed by atoms with Gasteiger partial charge in [-0.3, -0.25) is 4.90 Å². The molecule has 3 aromatic rings. The van der Waals surface area contributed by atoms with Gasteiger partial charge in [0, 0.05) is 55.2 Å². The number of rotatable bonds is 9. The molecule has 0 amide bonds. The van der Waals surface area contributed by atoms with Crippen LogP contribution in [0.4, 0.5) is 10.2 Å². The van der Waals surface area contributed by atoms with Gasteiger partial charge in [-0.1, -0.05) is 19.0 Å². The minimum Gasteiger partial charge on any atom is -0.434 e. The summed E-state index contributed by atoms with van der Waals surface area (Å²) in [6.45, 7) is 10.7. The fourth-order valence-corrected chi connectivity index (χ4v) is 7.77. The Hall–Kier alpha value is -3.11. The molecule has 2 saturated carbocycles. The fourth-order valence-electron chi connectivity index (χ4n) is 7.77. The molecule has 10 heteroatoms. The molecule has 4 aliphatic rings. The molecule has 2 saturated heterocycles. The van der Waals surface area contributed by atoms with Crippen LogP contribution >= 0.6 is 0 Å². The molecule has 2 aromatic heterocycles. The lowest BCUT2D eigenvalue weighted by Crippen LogP contribution is -2.65. The van der Waals surface area contributed by atoms with Crippen LogP contribution in [0.1, 0.15) is 63.3 Å². The second-order valence-electron chi connectivity index (χ2n) is 13.8. The van der Waals surface area contributed by atoms with Crippen LogP contribution in [0.2, 0.25) is 0 Å². The highest BCUT2D eigenvalue weighted by Gasteiger charge is 2.53. The molecular formula is C32H42FN7O2. The number of aromatic nitrogens is 4. The molecule has 2 aliphatic heterocycles. The van der Waals surface area contributed by atoms with Crippen LogP contribution in [0.25, 0.3) is 11.1 Å². The van der Waals surface area contributed by atoms with E-state index in [1.54, 1.807) is 6.07 Å². The normalized spacial score (nSPS) is 24.3. The second-order valence-corrected chi connectivity index (χ2v) is 13.8. The van der Waals surface area contributed by atoms with Gasteiger partial charge in [-0.15, -0.1) is 10.2 Å². The van der Waals surface area contributed by atoms with Crippen molar-refractivity contribution in [2.75, 3.05) is 45.2 Å². The van der Waals surface area contributed by atoms with Gasteiger partial charge in [-0.25, -0.2) is 9.37 Å². The number of likely N-dealkylation sites (tertiary alicyclic amines) is 1. The van der Waals surface area contributed by atoms with Gasteiger partial charge in [-0.05, 0) is 83.2 Å². The number of nitrogens with zero attached hydrogens (tertiary/aromatic N) is 7. The van der Waals surface area contributed by atoms with E-state index in [1.807, 2.05) is 6.92 Å². The molecule has 1 unspecified atom stereocenters. The highest BCUT2D eigenvalue weighted by molar-refractivity contribution is 5.75. The molecule has 4 fully saturated rings. The molecule has 0 bridgehead atoms. The number of benzene rings is 1. The minimum absolute atomic E-state index is 0.264. The molecule has 2 aliphatic carbocycles. The first-order valence-corrected chi connectivity index (χ1v) is 15.5. The first-order chi connectivity index (χ1) is 20.2. The molecule has 1 atom stereocenters.